The summed E-state index contributed by atoms with van der Waals surface area (Å²) in [6, 6.07) is 6.33. The number of hydrogen-bond donors (Lipinski definition) is 0. The third-order valence-corrected chi connectivity index (χ3v) is 5.07. The van der Waals surface area contributed by atoms with Gasteiger partial charge in [0, 0.05) is 18.9 Å². The van der Waals surface area contributed by atoms with E-state index < -0.39 is 0 Å². The van der Waals surface area contributed by atoms with Crippen LogP contribution in [0.3, 0.4) is 0 Å². The van der Waals surface area contributed by atoms with Crippen molar-refractivity contribution >= 4 is 11.8 Å². The normalized spacial score (nSPS) is 11.1. The Labute approximate surface area is 146 Å². The van der Waals surface area contributed by atoms with Crippen molar-refractivity contribution in [2.75, 3.05) is 0 Å². The maximum absolute atomic E-state index is 4.50. The quantitative estimate of drug-likeness (QED) is 0.614. The summed E-state index contributed by atoms with van der Waals surface area (Å²) >= 11 is 1.66. The number of nitrogens with zero attached hydrogens (tertiary/aromatic N) is 6. The van der Waals surface area contributed by atoms with Crippen LogP contribution in [0.4, 0.5) is 0 Å². The maximum atomic E-state index is 4.50. The molecular weight excluding hydrogens is 320 g/mol. The van der Waals surface area contributed by atoms with Crippen molar-refractivity contribution < 1.29 is 0 Å². The van der Waals surface area contributed by atoms with Gasteiger partial charge in [0.1, 0.15) is 0 Å². The molecule has 0 spiro atoms. The van der Waals surface area contributed by atoms with Crippen LogP contribution in [-0.2, 0) is 12.3 Å². The molecule has 0 bridgehead atoms. The van der Waals surface area contributed by atoms with Gasteiger partial charge in [-0.3, -0.25) is 4.57 Å². The van der Waals surface area contributed by atoms with Gasteiger partial charge in [0.05, 0.1) is 11.4 Å². The summed E-state index contributed by atoms with van der Waals surface area (Å²) in [6.07, 6.45) is 6.05. The summed E-state index contributed by atoms with van der Waals surface area (Å²) in [5, 5.41) is 13.0. The van der Waals surface area contributed by atoms with Gasteiger partial charge in [-0.25, -0.2) is 9.67 Å². The Hall–Kier alpha value is -2.15. The van der Waals surface area contributed by atoms with Crippen LogP contribution in [0.5, 0.6) is 0 Å². The molecule has 0 saturated heterocycles. The van der Waals surface area contributed by atoms with E-state index in [1.807, 2.05) is 17.1 Å². The molecule has 0 N–H and O–H groups in total. The smallest absolute Gasteiger partial charge is 0.173 e. The number of benzene rings is 1. The second kappa shape index (κ2) is 7.61. The van der Waals surface area contributed by atoms with E-state index in [9.17, 15) is 0 Å². The highest BCUT2D eigenvalue weighted by Crippen LogP contribution is 2.26. The largest absolute Gasteiger partial charge is 0.295 e. The first-order valence-corrected chi connectivity index (χ1v) is 9.17. The van der Waals surface area contributed by atoms with E-state index in [2.05, 4.69) is 64.0 Å². The standard InChI is InChI=1S/C17H22N6S/c1-4-5-10-23-16(19-20-21-23)12-24-17-18-9-11-22(17)15-8-6-7-13(2)14(15)3/h6-9,11H,4-5,10,12H2,1-3H3. The van der Waals surface area contributed by atoms with Crippen LogP contribution in [0.2, 0.25) is 0 Å². The molecule has 0 aliphatic rings. The molecule has 3 aromatic rings. The van der Waals surface area contributed by atoms with Crippen LogP contribution in [-0.4, -0.2) is 29.8 Å². The van der Waals surface area contributed by atoms with Crippen molar-refractivity contribution in [3.05, 3.63) is 47.5 Å². The number of imidazole rings is 1. The minimum atomic E-state index is 0.707. The van der Waals surface area contributed by atoms with Crippen LogP contribution >= 0.6 is 11.8 Å². The number of thioether (sulfide) groups is 1. The van der Waals surface area contributed by atoms with Gasteiger partial charge < -0.3 is 0 Å². The summed E-state index contributed by atoms with van der Waals surface area (Å²) in [5.74, 6) is 1.60. The lowest BCUT2D eigenvalue weighted by Crippen LogP contribution is -2.05. The molecule has 0 atom stereocenters. The van der Waals surface area contributed by atoms with Crippen molar-refractivity contribution in [2.24, 2.45) is 0 Å². The lowest BCUT2D eigenvalue weighted by atomic mass is 10.1. The third kappa shape index (κ3) is 3.51. The molecule has 24 heavy (non-hydrogen) atoms. The third-order valence-electron chi connectivity index (χ3n) is 4.10. The predicted octanol–water partition coefficient (Wildman–Crippen LogP) is 3.57. The monoisotopic (exact) mass is 342 g/mol. The van der Waals surface area contributed by atoms with Gasteiger partial charge in [-0.15, -0.1) is 5.10 Å². The van der Waals surface area contributed by atoms with Gasteiger partial charge in [0.15, 0.2) is 11.0 Å². The molecule has 6 nitrogen and oxygen atoms in total. The maximum Gasteiger partial charge on any atom is 0.173 e. The number of tetrazole rings is 1. The molecule has 0 aliphatic heterocycles. The minimum Gasteiger partial charge on any atom is -0.295 e. The number of unbranched alkanes of at least 4 members (excludes halogenated alkanes) is 1. The van der Waals surface area contributed by atoms with Gasteiger partial charge >= 0.3 is 0 Å². The molecule has 0 aliphatic carbocycles. The van der Waals surface area contributed by atoms with Gasteiger partial charge in [-0.05, 0) is 47.9 Å². The molecule has 126 valence electrons. The van der Waals surface area contributed by atoms with E-state index in [0.29, 0.717) is 5.75 Å². The van der Waals surface area contributed by atoms with Crippen molar-refractivity contribution in [3.63, 3.8) is 0 Å². The predicted molar refractivity (Wildman–Crippen MR) is 95.3 cm³/mol. The molecule has 0 fully saturated rings. The van der Waals surface area contributed by atoms with Crippen molar-refractivity contribution in [2.45, 2.75) is 51.1 Å². The molecule has 0 amide bonds. The minimum absolute atomic E-state index is 0.707. The fraction of sp³-hybridized carbons (Fsp3) is 0.412. The van der Waals surface area contributed by atoms with Crippen molar-refractivity contribution in [1.82, 2.24) is 29.8 Å². The number of rotatable bonds is 7. The Morgan fingerprint density at radius 3 is 2.92 bits per heavy atom. The highest BCUT2D eigenvalue weighted by atomic mass is 32.2. The summed E-state index contributed by atoms with van der Waals surface area (Å²) in [4.78, 5) is 4.50. The zero-order chi connectivity index (χ0) is 16.9. The van der Waals surface area contributed by atoms with Gasteiger partial charge in [0.2, 0.25) is 0 Å². The second-order valence-electron chi connectivity index (χ2n) is 5.76. The Morgan fingerprint density at radius 1 is 1.21 bits per heavy atom. The molecule has 0 unspecified atom stereocenters. The van der Waals surface area contributed by atoms with E-state index in [1.54, 1.807) is 11.8 Å². The van der Waals surface area contributed by atoms with E-state index in [4.69, 9.17) is 0 Å². The van der Waals surface area contributed by atoms with E-state index >= 15 is 0 Å². The highest BCUT2D eigenvalue weighted by Gasteiger charge is 2.12. The van der Waals surface area contributed by atoms with Crippen LogP contribution in [0.25, 0.3) is 5.69 Å². The van der Waals surface area contributed by atoms with Gasteiger partial charge in [0.25, 0.3) is 0 Å². The summed E-state index contributed by atoms with van der Waals surface area (Å²) in [7, 11) is 0. The zero-order valence-electron chi connectivity index (χ0n) is 14.3. The van der Waals surface area contributed by atoms with E-state index in [-0.39, 0.29) is 0 Å². The molecular formula is C17H22N6S. The number of aryl methyl sites for hydroxylation is 2. The van der Waals surface area contributed by atoms with Crippen molar-refractivity contribution in [3.8, 4) is 5.69 Å². The fourth-order valence-electron chi connectivity index (χ4n) is 2.51. The Bertz CT molecular complexity index is 807. The topological polar surface area (TPSA) is 61.4 Å². The Balaban J connectivity index is 1.77. The Kier molecular flexibility index (Phi) is 5.30. The molecule has 3 rings (SSSR count). The Morgan fingerprint density at radius 2 is 2.08 bits per heavy atom. The average Bonchev–Trinajstić information content (AvgIpc) is 3.22. The first kappa shape index (κ1) is 16.7. The van der Waals surface area contributed by atoms with Crippen LogP contribution in [0, 0.1) is 13.8 Å². The SMILES string of the molecule is CCCCn1nnnc1CSc1nccn1-c1cccc(C)c1C. The van der Waals surface area contributed by atoms with E-state index in [0.717, 1.165) is 30.4 Å². The average molecular weight is 342 g/mol. The van der Waals surface area contributed by atoms with Crippen LogP contribution in [0.1, 0.15) is 36.7 Å². The highest BCUT2D eigenvalue weighted by molar-refractivity contribution is 7.98. The van der Waals surface area contributed by atoms with Gasteiger partial charge in [-0.2, -0.15) is 0 Å². The second-order valence-corrected chi connectivity index (χ2v) is 6.70. The molecule has 7 heteroatoms. The molecule has 2 heterocycles. The van der Waals surface area contributed by atoms with Crippen molar-refractivity contribution in [1.29, 1.82) is 0 Å². The summed E-state index contributed by atoms with van der Waals surface area (Å²) in [5.41, 5.74) is 3.71. The van der Waals surface area contributed by atoms with Gasteiger partial charge in [-0.1, -0.05) is 37.2 Å². The first-order chi connectivity index (χ1) is 11.7. The zero-order valence-corrected chi connectivity index (χ0v) is 15.1. The summed E-state index contributed by atoms with van der Waals surface area (Å²) < 4.78 is 4.02. The lowest BCUT2D eigenvalue weighted by molar-refractivity contribution is 0.540. The first-order valence-electron chi connectivity index (χ1n) is 8.18. The lowest BCUT2D eigenvalue weighted by Gasteiger charge is -2.12. The van der Waals surface area contributed by atoms with Crippen LogP contribution in [0.15, 0.2) is 35.7 Å². The molecule has 2 aromatic heterocycles. The molecule has 0 saturated carbocycles. The molecule has 0 radical (unpaired) electrons. The number of aromatic nitrogens is 6. The summed E-state index contributed by atoms with van der Waals surface area (Å²) in [6.45, 7) is 7.31. The molecule has 1 aromatic carbocycles. The van der Waals surface area contributed by atoms with Crippen LogP contribution < -0.4 is 0 Å². The van der Waals surface area contributed by atoms with E-state index in [1.165, 1.54) is 16.8 Å². The fourth-order valence-corrected chi connectivity index (χ4v) is 3.41. The number of hydrogen-bond acceptors (Lipinski definition) is 5.